The maximum atomic E-state index is 5.02. The molecular formula is C41H28BrN3. The third kappa shape index (κ3) is 5.34. The molecular weight excluding hydrogens is 614 g/mol. The van der Waals surface area contributed by atoms with Crippen LogP contribution in [0.2, 0.25) is 0 Å². The van der Waals surface area contributed by atoms with Crippen molar-refractivity contribution in [3.63, 3.8) is 0 Å². The molecule has 7 aromatic carbocycles. The predicted molar refractivity (Wildman–Crippen MR) is 192 cm³/mol. The Labute approximate surface area is 270 Å². The van der Waals surface area contributed by atoms with Gasteiger partial charge in [0.15, 0.2) is 6.17 Å². The molecule has 8 rings (SSSR count). The zero-order valence-electron chi connectivity index (χ0n) is 24.4. The lowest BCUT2D eigenvalue weighted by Crippen LogP contribution is -2.35. The van der Waals surface area contributed by atoms with Gasteiger partial charge in [-0.2, -0.15) is 0 Å². The third-order valence-corrected chi connectivity index (χ3v) is 8.88. The summed E-state index contributed by atoms with van der Waals surface area (Å²) in [5.41, 5.74) is 7.95. The van der Waals surface area contributed by atoms with Crippen LogP contribution in [0.5, 0.6) is 0 Å². The number of hydrogen-bond acceptors (Lipinski definition) is 3. The average molecular weight is 643 g/mol. The fourth-order valence-electron chi connectivity index (χ4n) is 6.12. The van der Waals surface area contributed by atoms with E-state index in [1.54, 1.807) is 0 Å². The van der Waals surface area contributed by atoms with Crippen LogP contribution in [0.15, 0.2) is 172 Å². The minimum atomic E-state index is -0.341. The van der Waals surface area contributed by atoms with Crippen LogP contribution < -0.4 is 5.32 Å². The van der Waals surface area contributed by atoms with Crippen molar-refractivity contribution in [1.29, 1.82) is 0 Å². The second kappa shape index (κ2) is 11.6. The van der Waals surface area contributed by atoms with Gasteiger partial charge in [0, 0.05) is 15.6 Å². The van der Waals surface area contributed by atoms with E-state index in [1.165, 1.54) is 38.2 Å². The average Bonchev–Trinajstić information content (AvgIpc) is 3.11. The molecule has 0 aliphatic carbocycles. The Bertz CT molecular complexity index is 2180. The van der Waals surface area contributed by atoms with E-state index >= 15 is 0 Å². The summed E-state index contributed by atoms with van der Waals surface area (Å²) in [6.07, 6.45) is -0.341. The minimum Gasteiger partial charge on any atom is -0.324 e. The molecule has 45 heavy (non-hydrogen) atoms. The molecule has 3 nitrogen and oxygen atoms in total. The van der Waals surface area contributed by atoms with Gasteiger partial charge in [0.1, 0.15) is 11.7 Å². The first-order valence-electron chi connectivity index (χ1n) is 15.0. The van der Waals surface area contributed by atoms with Crippen molar-refractivity contribution < 1.29 is 0 Å². The first-order valence-corrected chi connectivity index (χ1v) is 15.8. The van der Waals surface area contributed by atoms with Crippen molar-refractivity contribution in [3.8, 4) is 22.3 Å². The first kappa shape index (κ1) is 27.2. The minimum absolute atomic E-state index is 0.341. The highest BCUT2D eigenvalue weighted by Gasteiger charge is 2.20. The Morgan fingerprint density at radius 2 is 0.978 bits per heavy atom. The molecule has 1 N–H and O–H groups in total. The molecule has 0 amide bonds. The van der Waals surface area contributed by atoms with Gasteiger partial charge in [-0.25, -0.2) is 9.98 Å². The zero-order chi connectivity index (χ0) is 30.2. The Morgan fingerprint density at radius 3 is 1.58 bits per heavy atom. The SMILES string of the molecule is Brc1ccc2c(-c3cccc4cc(-c5ccc(C6N=C(c7ccccc7)NC(c7ccccc7)=N6)cc5)ccc34)cccc2c1. The highest BCUT2D eigenvalue weighted by molar-refractivity contribution is 9.10. The maximum Gasteiger partial charge on any atom is 0.169 e. The van der Waals surface area contributed by atoms with Gasteiger partial charge in [-0.3, -0.25) is 0 Å². The van der Waals surface area contributed by atoms with Gasteiger partial charge in [0.05, 0.1) is 0 Å². The van der Waals surface area contributed by atoms with Crippen LogP contribution in [0.3, 0.4) is 0 Å². The summed E-state index contributed by atoms with van der Waals surface area (Å²) < 4.78 is 1.09. The van der Waals surface area contributed by atoms with E-state index in [0.717, 1.165) is 38.4 Å². The van der Waals surface area contributed by atoms with E-state index in [4.69, 9.17) is 9.98 Å². The summed E-state index contributed by atoms with van der Waals surface area (Å²) in [4.78, 5) is 10.0. The van der Waals surface area contributed by atoms with Crippen LogP contribution in [-0.4, -0.2) is 11.7 Å². The number of amidine groups is 2. The van der Waals surface area contributed by atoms with Crippen LogP contribution in [-0.2, 0) is 0 Å². The molecule has 4 heteroatoms. The Kier molecular flexibility index (Phi) is 7.05. The number of fused-ring (bicyclic) bond motifs is 2. The maximum absolute atomic E-state index is 5.02. The van der Waals surface area contributed by atoms with Crippen molar-refractivity contribution in [2.24, 2.45) is 9.98 Å². The second-order valence-corrected chi connectivity index (χ2v) is 12.1. The standard InChI is InChI=1S/C41H28BrN3/c42-34-22-24-36-33(26-34)14-8-16-38(36)37-15-7-13-32-25-31(21-23-35(32)37)27-17-19-30(20-18-27)41-44-39(28-9-3-1-4-10-28)43-40(45-41)29-11-5-2-6-12-29/h1-26,41H,(H,43,44,45). The van der Waals surface area contributed by atoms with E-state index in [1.807, 2.05) is 36.4 Å². The lowest BCUT2D eigenvalue weighted by molar-refractivity contribution is 0.756. The zero-order valence-corrected chi connectivity index (χ0v) is 25.9. The lowest BCUT2D eigenvalue weighted by atomic mass is 9.92. The van der Waals surface area contributed by atoms with E-state index < -0.39 is 0 Å². The number of aliphatic imine (C=N–C) groups is 2. The number of nitrogens with one attached hydrogen (secondary N) is 1. The fraction of sp³-hybridized carbons (Fsp3) is 0.0244. The van der Waals surface area contributed by atoms with Crippen molar-refractivity contribution >= 4 is 49.1 Å². The van der Waals surface area contributed by atoms with E-state index in [-0.39, 0.29) is 6.17 Å². The van der Waals surface area contributed by atoms with E-state index in [0.29, 0.717) is 0 Å². The summed E-state index contributed by atoms with van der Waals surface area (Å²) >= 11 is 3.62. The fourth-order valence-corrected chi connectivity index (χ4v) is 6.50. The highest BCUT2D eigenvalue weighted by Crippen LogP contribution is 2.36. The summed E-state index contributed by atoms with van der Waals surface area (Å²) in [5, 5.41) is 8.41. The monoisotopic (exact) mass is 641 g/mol. The summed E-state index contributed by atoms with van der Waals surface area (Å²) in [6.45, 7) is 0. The molecule has 0 aromatic heterocycles. The Hall–Kier alpha value is -5.32. The van der Waals surface area contributed by atoms with Crippen LogP contribution >= 0.6 is 15.9 Å². The molecule has 0 spiro atoms. The van der Waals surface area contributed by atoms with Gasteiger partial charge in [-0.1, -0.05) is 155 Å². The molecule has 0 atom stereocenters. The van der Waals surface area contributed by atoms with Gasteiger partial charge in [0.2, 0.25) is 0 Å². The van der Waals surface area contributed by atoms with Crippen LogP contribution in [0, 0.1) is 0 Å². The normalized spacial score (nSPS) is 13.4. The summed E-state index contributed by atoms with van der Waals surface area (Å²) in [7, 11) is 0. The Morgan fingerprint density at radius 1 is 0.444 bits per heavy atom. The molecule has 7 aromatic rings. The van der Waals surface area contributed by atoms with Crippen molar-refractivity contribution in [2.45, 2.75) is 6.17 Å². The van der Waals surface area contributed by atoms with Gasteiger partial charge < -0.3 is 5.32 Å². The number of rotatable bonds is 5. The van der Waals surface area contributed by atoms with Gasteiger partial charge in [-0.05, 0) is 67.6 Å². The molecule has 1 aliphatic rings. The second-order valence-electron chi connectivity index (χ2n) is 11.2. The van der Waals surface area contributed by atoms with Crippen molar-refractivity contribution in [2.75, 3.05) is 0 Å². The number of hydrogen-bond donors (Lipinski definition) is 1. The third-order valence-electron chi connectivity index (χ3n) is 8.39. The first-order chi connectivity index (χ1) is 22.2. The quantitative estimate of drug-likeness (QED) is 0.199. The number of halogens is 1. The molecule has 1 aliphatic heterocycles. The van der Waals surface area contributed by atoms with Gasteiger partial charge in [0.25, 0.3) is 0 Å². The molecule has 0 saturated heterocycles. The number of benzene rings is 7. The van der Waals surface area contributed by atoms with Gasteiger partial charge in [-0.15, -0.1) is 0 Å². The Balaban J connectivity index is 1.14. The van der Waals surface area contributed by atoms with Crippen LogP contribution in [0.25, 0.3) is 43.8 Å². The van der Waals surface area contributed by atoms with E-state index in [2.05, 4.69) is 143 Å². The molecule has 0 saturated carbocycles. The smallest absolute Gasteiger partial charge is 0.169 e. The lowest BCUT2D eigenvalue weighted by Gasteiger charge is -2.22. The molecule has 0 unspecified atom stereocenters. The largest absolute Gasteiger partial charge is 0.324 e. The van der Waals surface area contributed by atoms with Crippen LogP contribution in [0.4, 0.5) is 0 Å². The van der Waals surface area contributed by atoms with Gasteiger partial charge >= 0.3 is 0 Å². The molecule has 0 radical (unpaired) electrons. The summed E-state index contributed by atoms with van der Waals surface area (Å²) in [5.74, 6) is 1.64. The van der Waals surface area contributed by atoms with Crippen molar-refractivity contribution in [3.05, 3.63) is 179 Å². The molecule has 1 heterocycles. The predicted octanol–water partition coefficient (Wildman–Crippen LogP) is 10.6. The number of nitrogens with zero attached hydrogens (tertiary/aromatic N) is 2. The van der Waals surface area contributed by atoms with Crippen molar-refractivity contribution in [1.82, 2.24) is 5.32 Å². The van der Waals surface area contributed by atoms with E-state index in [9.17, 15) is 0 Å². The molecule has 0 bridgehead atoms. The highest BCUT2D eigenvalue weighted by atomic mass is 79.9. The molecule has 0 fully saturated rings. The summed E-state index contributed by atoms with van der Waals surface area (Å²) in [6, 6.07) is 55.5. The molecule has 214 valence electrons. The topological polar surface area (TPSA) is 36.8 Å². The van der Waals surface area contributed by atoms with Crippen LogP contribution in [0.1, 0.15) is 22.9 Å².